The van der Waals surface area contributed by atoms with Gasteiger partial charge in [-0.25, -0.2) is 0 Å². The van der Waals surface area contributed by atoms with Crippen molar-refractivity contribution in [2.45, 2.75) is 31.8 Å². The molecular formula is C21H22N2O2. The number of carbonyl (C=O) groups excluding carboxylic acids is 2. The first-order valence-electron chi connectivity index (χ1n) is 8.86. The van der Waals surface area contributed by atoms with Crippen LogP contribution in [0.15, 0.2) is 54.6 Å². The van der Waals surface area contributed by atoms with E-state index in [1.807, 2.05) is 66.4 Å². The SMILES string of the molecule is Cc1ccccc1C(=O)N1CC2CC(NC(=O)c3ccccc3)C1C2. The highest BCUT2D eigenvalue weighted by molar-refractivity contribution is 5.97. The summed E-state index contributed by atoms with van der Waals surface area (Å²) in [5, 5.41) is 3.14. The Morgan fingerprint density at radius 3 is 2.44 bits per heavy atom. The van der Waals surface area contributed by atoms with Crippen molar-refractivity contribution < 1.29 is 9.59 Å². The number of benzene rings is 2. The maximum atomic E-state index is 13.0. The Morgan fingerprint density at radius 1 is 1.00 bits per heavy atom. The standard InChI is InChI=1S/C21H22N2O2/c1-14-7-5-6-10-17(14)21(25)23-13-15-11-18(19(23)12-15)22-20(24)16-8-3-2-4-9-16/h2-10,15,18-19H,11-13H2,1H3,(H,22,24). The highest BCUT2D eigenvalue weighted by atomic mass is 16.2. The van der Waals surface area contributed by atoms with Crippen LogP contribution in [0.1, 0.15) is 39.1 Å². The highest BCUT2D eigenvalue weighted by Gasteiger charge is 2.47. The number of aryl methyl sites for hydroxylation is 1. The molecule has 1 aliphatic heterocycles. The number of rotatable bonds is 3. The van der Waals surface area contributed by atoms with Crippen LogP contribution in [-0.4, -0.2) is 35.3 Å². The number of nitrogens with one attached hydrogen (secondary N) is 1. The second-order valence-electron chi connectivity index (χ2n) is 7.12. The fraction of sp³-hybridized carbons (Fsp3) is 0.333. The van der Waals surface area contributed by atoms with Gasteiger partial charge in [-0.2, -0.15) is 0 Å². The van der Waals surface area contributed by atoms with E-state index in [4.69, 9.17) is 0 Å². The molecule has 3 atom stereocenters. The minimum absolute atomic E-state index is 0.0411. The Kier molecular flexibility index (Phi) is 4.04. The molecule has 2 aromatic carbocycles. The van der Waals surface area contributed by atoms with Crippen LogP contribution in [0.3, 0.4) is 0 Å². The number of amides is 2. The second kappa shape index (κ2) is 6.36. The molecule has 4 nitrogen and oxygen atoms in total. The van der Waals surface area contributed by atoms with Crippen molar-refractivity contribution in [2.24, 2.45) is 5.92 Å². The Morgan fingerprint density at radius 2 is 1.72 bits per heavy atom. The first-order chi connectivity index (χ1) is 12.1. The van der Waals surface area contributed by atoms with Gasteiger partial charge in [-0.1, -0.05) is 36.4 Å². The molecule has 0 aromatic heterocycles. The third-order valence-corrected chi connectivity index (χ3v) is 5.47. The monoisotopic (exact) mass is 334 g/mol. The normalized spacial score (nSPS) is 24.4. The lowest BCUT2D eigenvalue weighted by Crippen LogP contribution is -2.52. The molecule has 2 aromatic rings. The fourth-order valence-corrected chi connectivity index (χ4v) is 4.22. The smallest absolute Gasteiger partial charge is 0.254 e. The molecule has 2 fully saturated rings. The van der Waals surface area contributed by atoms with Crippen LogP contribution in [0.2, 0.25) is 0 Å². The number of nitrogens with zero attached hydrogens (tertiary/aromatic N) is 1. The molecule has 1 aliphatic carbocycles. The molecular weight excluding hydrogens is 312 g/mol. The van der Waals surface area contributed by atoms with Crippen LogP contribution in [0, 0.1) is 12.8 Å². The van der Waals surface area contributed by atoms with E-state index in [2.05, 4.69) is 5.32 Å². The van der Waals surface area contributed by atoms with E-state index in [1.54, 1.807) is 0 Å². The summed E-state index contributed by atoms with van der Waals surface area (Å²) in [7, 11) is 0. The van der Waals surface area contributed by atoms with E-state index in [0.717, 1.165) is 30.5 Å². The third-order valence-electron chi connectivity index (χ3n) is 5.47. The lowest BCUT2D eigenvalue weighted by Gasteiger charge is -2.34. The van der Waals surface area contributed by atoms with Crippen molar-refractivity contribution >= 4 is 11.8 Å². The summed E-state index contributed by atoms with van der Waals surface area (Å²) in [5.41, 5.74) is 2.44. The van der Waals surface area contributed by atoms with Crippen LogP contribution < -0.4 is 5.32 Å². The van der Waals surface area contributed by atoms with Crippen molar-refractivity contribution in [1.82, 2.24) is 10.2 Å². The molecule has 128 valence electrons. The van der Waals surface area contributed by atoms with E-state index in [0.29, 0.717) is 11.5 Å². The minimum atomic E-state index is -0.0542. The Bertz CT molecular complexity index is 803. The average Bonchev–Trinajstić information content (AvgIpc) is 3.22. The molecule has 0 radical (unpaired) electrons. The molecule has 3 unspecified atom stereocenters. The summed E-state index contributed by atoms with van der Waals surface area (Å²) >= 11 is 0. The second-order valence-corrected chi connectivity index (χ2v) is 7.12. The minimum Gasteiger partial charge on any atom is -0.347 e. The van der Waals surface area contributed by atoms with Gasteiger partial charge in [-0.15, -0.1) is 0 Å². The van der Waals surface area contributed by atoms with Crippen LogP contribution in [0.4, 0.5) is 0 Å². The highest BCUT2D eigenvalue weighted by Crippen LogP contribution is 2.38. The lowest BCUT2D eigenvalue weighted by molar-refractivity contribution is 0.0648. The molecule has 1 N–H and O–H groups in total. The fourth-order valence-electron chi connectivity index (χ4n) is 4.22. The predicted molar refractivity (Wildman–Crippen MR) is 96.4 cm³/mol. The van der Waals surface area contributed by atoms with Gasteiger partial charge in [0, 0.05) is 23.7 Å². The number of piperidine rings is 1. The van der Waals surface area contributed by atoms with Gasteiger partial charge in [-0.3, -0.25) is 9.59 Å². The number of likely N-dealkylation sites (tertiary alicyclic amines) is 1. The Labute approximate surface area is 147 Å². The Balaban J connectivity index is 1.50. The van der Waals surface area contributed by atoms with E-state index in [-0.39, 0.29) is 23.9 Å². The number of hydrogen-bond acceptors (Lipinski definition) is 2. The van der Waals surface area contributed by atoms with Gasteiger partial charge in [0.2, 0.25) is 0 Å². The molecule has 2 aliphatic rings. The van der Waals surface area contributed by atoms with Crippen LogP contribution in [-0.2, 0) is 0 Å². The van der Waals surface area contributed by atoms with Gasteiger partial charge in [0.15, 0.2) is 0 Å². The largest absolute Gasteiger partial charge is 0.347 e. The summed E-state index contributed by atoms with van der Waals surface area (Å²) in [6, 6.07) is 17.1. The van der Waals surface area contributed by atoms with Crippen molar-refractivity contribution in [3.63, 3.8) is 0 Å². The molecule has 1 saturated carbocycles. The summed E-state index contributed by atoms with van der Waals surface area (Å²) in [4.78, 5) is 27.4. The van der Waals surface area contributed by atoms with Gasteiger partial charge in [0.25, 0.3) is 11.8 Å². The van der Waals surface area contributed by atoms with Gasteiger partial charge >= 0.3 is 0 Å². The number of carbonyl (C=O) groups is 2. The van der Waals surface area contributed by atoms with E-state index in [9.17, 15) is 9.59 Å². The summed E-state index contributed by atoms with van der Waals surface area (Å²) in [6.45, 7) is 2.77. The van der Waals surface area contributed by atoms with E-state index < -0.39 is 0 Å². The molecule has 4 heteroatoms. The molecule has 1 heterocycles. The van der Waals surface area contributed by atoms with E-state index in [1.165, 1.54) is 0 Å². The summed E-state index contributed by atoms with van der Waals surface area (Å²) < 4.78 is 0. The molecule has 4 rings (SSSR count). The van der Waals surface area contributed by atoms with Crippen molar-refractivity contribution in [1.29, 1.82) is 0 Å². The quantitative estimate of drug-likeness (QED) is 0.938. The molecule has 2 bridgehead atoms. The molecule has 0 spiro atoms. The van der Waals surface area contributed by atoms with Gasteiger partial charge < -0.3 is 10.2 Å². The zero-order chi connectivity index (χ0) is 17.4. The topological polar surface area (TPSA) is 49.4 Å². The average molecular weight is 334 g/mol. The van der Waals surface area contributed by atoms with Crippen molar-refractivity contribution in [3.8, 4) is 0 Å². The number of fused-ring (bicyclic) bond motifs is 2. The van der Waals surface area contributed by atoms with Gasteiger partial charge in [0.05, 0.1) is 6.04 Å². The third kappa shape index (κ3) is 2.93. The lowest BCUT2D eigenvalue weighted by atomic mass is 10.0. The molecule has 25 heavy (non-hydrogen) atoms. The molecule has 2 amide bonds. The van der Waals surface area contributed by atoms with E-state index >= 15 is 0 Å². The van der Waals surface area contributed by atoms with Gasteiger partial charge in [-0.05, 0) is 49.4 Å². The Hall–Kier alpha value is -2.62. The summed E-state index contributed by atoms with van der Waals surface area (Å²) in [5.74, 6) is 0.518. The van der Waals surface area contributed by atoms with Crippen LogP contribution >= 0.6 is 0 Å². The van der Waals surface area contributed by atoms with Crippen LogP contribution in [0.5, 0.6) is 0 Å². The van der Waals surface area contributed by atoms with Gasteiger partial charge in [0.1, 0.15) is 0 Å². The molecule has 1 saturated heterocycles. The van der Waals surface area contributed by atoms with Crippen LogP contribution in [0.25, 0.3) is 0 Å². The zero-order valence-electron chi connectivity index (χ0n) is 14.3. The first-order valence-corrected chi connectivity index (χ1v) is 8.86. The number of hydrogen-bond donors (Lipinski definition) is 1. The maximum Gasteiger partial charge on any atom is 0.254 e. The van der Waals surface area contributed by atoms with Crippen molar-refractivity contribution in [3.05, 3.63) is 71.3 Å². The summed E-state index contributed by atoms with van der Waals surface area (Å²) in [6.07, 6.45) is 1.94. The maximum absolute atomic E-state index is 13.0. The zero-order valence-corrected chi connectivity index (χ0v) is 14.3. The first kappa shape index (κ1) is 15.9. The predicted octanol–water partition coefficient (Wildman–Crippen LogP) is 3.03. The van der Waals surface area contributed by atoms with Crippen molar-refractivity contribution in [2.75, 3.05) is 6.54 Å².